The molecule has 2 atom stereocenters. The maximum atomic E-state index is 12.9. The summed E-state index contributed by atoms with van der Waals surface area (Å²) >= 11 is 1.53. The van der Waals surface area contributed by atoms with Gasteiger partial charge in [-0.15, -0.1) is 11.3 Å². The van der Waals surface area contributed by atoms with E-state index < -0.39 is 30.4 Å². The molecule has 0 aliphatic carbocycles. The van der Waals surface area contributed by atoms with Crippen molar-refractivity contribution in [3.8, 4) is 5.75 Å². The molecule has 150 valence electrons. The molecule has 0 bridgehead atoms. The number of ether oxygens (including phenoxy) is 2. The van der Waals surface area contributed by atoms with Gasteiger partial charge in [0.25, 0.3) is 5.91 Å². The third kappa shape index (κ3) is 5.89. The molecule has 2 aromatic carbocycles. The van der Waals surface area contributed by atoms with Crippen LogP contribution in [0.4, 0.5) is 4.39 Å². The summed E-state index contributed by atoms with van der Waals surface area (Å²) in [5, 5.41) is 4.83. The van der Waals surface area contributed by atoms with Crippen molar-refractivity contribution in [3.63, 3.8) is 0 Å². The summed E-state index contributed by atoms with van der Waals surface area (Å²) in [6.07, 6.45) is -0.935. The molecule has 0 saturated heterocycles. The Bertz CT molecular complexity index is 929. The molecule has 1 heterocycles. The zero-order valence-electron chi connectivity index (χ0n) is 15.7. The largest absolute Gasteiger partial charge is 0.479 e. The van der Waals surface area contributed by atoms with Crippen LogP contribution in [-0.4, -0.2) is 24.6 Å². The van der Waals surface area contributed by atoms with Crippen molar-refractivity contribution in [3.05, 3.63) is 88.4 Å². The van der Waals surface area contributed by atoms with Crippen LogP contribution < -0.4 is 10.1 Å². The number of hydrogen-bond donors (Lipinski definition) is 1. The Balaban J connectivity index is 1.55. The minimum Gasteiger partial charge on any atom is -0.479 e. The molecule has 0 radical (unpaired) electrons. The van der Waals surface area contributed by atoms with Crippen LogP contribution in [0.15, 0.2) is 72.1 Å². The molecule has 0 aliphatic rings. The molecule has 1 aromatic heterocycles. The second-order valence-electron chi connectivity index (χ2n) is 6.25. The number of rotatable bonds is 8. The van der Waals surface area contributed by atoms with Gasteiger partial charge in [-0.3, -0.25) is 4.79 Å². The van der Waals surface area contributed by atoms with Gasteiger partial charge in [0.15, 0.2) is 12.7 Å². The molecule has 0 fully saturated rings. The number of carbonyl (C=O) groups excluding carboxylic acids is 2. The Labute approximate surface area is 172 Å². The first kappa shape index (κ1) is 20.5. The van der Waals surface area contributed by atoms with Gasteiger partial charge < -0.3 is 14.8 Å². The summed E-state index contributed by atoms with van der Waals surface area (Å²) in [6.45, 7) is 1.08. The smallest absolute Gasteiger partial charge is 0.347 e. The number of hydrogen-bond acceptors (Lipinski definition) is 5. The fraction of sp³-hybridized carbons (Fsp3) is 0.182. The molecule has 0 aliphatic heterocycles. The predicted octanol–water partition coefficient (Wildman–Crippen LogP) is 4.10. The number of halogens is 1. The number of amides is 1. The first-order chi connectivity index (χ1) is 14.0. The van der Waals surface area contributed by atoms with E-state index in [1.54, 1.807) is 0 Å². The zero-order valence-corrected chi connectivity index (χ0v) is 16.5. The maximum absolute atomic E-state index is 12.9. The van der Waals surface area contributed by atoms with Gasteiger partial charge in [0, 0.05) is 4.88 Å². The normalized spacial score (nSPS) is 12.6. The van der Waals surface area contributed by atoms with Crippen molar-refractivity contribution >= 4 is 23.2 Å². The Hall–Kier alpha value is -3.19. The van der Waals surface area contributed by atoms with Gasteiger partial charge in [0.05, 0.1) is 6.04 Å². The molecule has 3 rings (SSSR count). The van der Waals surface area contributed by atoms with E-state index in [9.17, 15) is 14.0 Å². The van der Waals surface area contributed by atoms with Crippen LogP contribution in [0.1, 0.15) is 23.4 Å². The summed E-state index contributed by atoms with van der Waals surface area (Å²) in [7, 11) is 0. The van der Waals surface area contributed by atoms with E-state index in [0.29, 0.717) is 5.75 Å². The molecule has 7 heteroatoms. The Morgan fingerprint density at radius 2 is 1.76 bits per heavy atom. The lowest BCUT2D eigenvalue weighted by Crippen LogP contribution is -2.35. The molecular formula is C22H20FNO4S. The summed E-state index contributed by atoms with van der Waals surface area (Å²) in [6, 6.07) is 18.4. The minimum atomic E-state index is -0.935. The summed E-state index contributed by atoms with van der Waals surface area (Å²) < 4.78 is 23.4. The van der Waals surface area contributed by atoms with Crippen LogP contribution in [-0.2, 0) is 14.3 Å². The average Bonchev–Trinajstić information content (AvgIpc) is 3.27. The maximum Gasteiger partial charge on any atom is 0.347 e. The highest BCUT2D eigenvalue weighted by atomic mass is 32.1. The quantitative estimate of drug-likeness (QED) is 0.565. The predicted molar refractivity (Wildman–Crippen MR) is 108 cm³/mol. The van der Waals surface area contributed by atoms with Crippen LogP contribution in [0.25, 0.3) is 0 Å². The lowest BCUT2D eigenvalue weighted by molar-refractivity contribution is -0.154. The SMILES string of the molecule is C[C@@H](Oc1ccc(F)cc1)C(=O)OCC(=O)N[C@H](c1ccccc1)c1cccs1. The molecule has 1 amide bonds. The monoisotopic (exact) mass is 413 g/mol. The minimum absolute atomic E-state index is 0.324. The van der Waals surface area contributed by atoms with E-state index in [2.05, 4.69) is 5.32 Å². The molecule has 29 heavy (non-hydrogen) atoms. The Morgan fingerprint density at radius 1 is 1.03 bits per heavy atom. The van der Waals surface area contributed by atoms with Gasteiger partial charge >= 0.3 is 5.97 Å². The summed E-state index contributed by atoms with van der Waals surface area (Å²) in [5.74, 6) is -1.17. The first-order valence-corrected chi connectivity index (χ1v) is 9.87. The fourth-order valence-corrected chi connectivity index (χ4v) is 3.44. The van der Waals surface area contributed by atoms with E-state index in [-0.39, 0.29) is 6.04 Å². The molecule has 1 N–H and O–H groups in total. The lowest BCUT2D eigenvalue weighted by atomic mass is 10.1. The van der Waals surface area contributed by atoms with Crippen LogP contribution in [0.5, 0.6) is 5.75 Å². The molecular weight excluding hydrogens is 393 g/mol. The van der Waals surface area contributed by atoms with Crippen LogP contribution in [0.3, 0.4) is 0 Å². The van der Waals surface area contributed by atoms with Crippen LogP contribution in [0.2, 0.25) is 0 Å². The summed E-state index contributed by atoms with van der Waals surface area (Å²) in [5.41, 5.74) is 0.933. The second kappa shape index (κ2) is 9.84. The fourth-order valence-electron chi connectivity index (χ4n) is 2.64. The molecule has 0 spiro atoms. The van der Waals surface area contributed by atoms with Gasteiger partial charge in [-0.1, -0.05) is 36.4 Å². The van der Waals surface area contributed by atoms with Gasteiger partial charge in [-0.05, 0) is 48.2 Å². The Kier molecular flexibility index (Phi) is 6.97. The van der Waals surface area contributed by atoms with Crippen molar-refractivity contribution in [2.45, 2.75) is 19.1 Å². The number of benzene rings is 2. The van der Waals surface area contributed by atoms with E-state index in [1.165, 1.54) is 42.5 Å². The first-order valence-electron chi connectivity index (χ1n) is 8.99. The number of thiophene rings is 1. The highest BCUT2D eigenvalue weighted by Crippen LogP contribution is 2.25. The number of esters is 1. The standard InChI is InChI=1S/C22H20FNO4S/c1-15(28-18-11-9-17(23)10-12-18)22(26)27-14-20(25)24-21(19-8-5-13-29-19)16-6-3-2-4-7-16/h2-13,15,21H,14H2,1H3,(H,24,25)/t15-,21-/m1/s1. The van der Waals surface area contributed by atoms with E-state index in [1.807, 2.05) is 47.8 Å². The molecule has 0 unspecified atom stereocenters. The van der Waals surface area contributed by atoms with Gasteiger partial charge in [0.1, 0.15) is 11.6 Å². The topological polar surface area (TPSA) is 64.6 Å². The highest BCUT2D eigenvalue weighted by Gasteiger charge is 2.21. The molecule has 0 saturated carbocycles. The third-order valence-electron chi connectivity index (χ3n) is 4.07. The Morgan fingerprint density at radius 3 is 2.41 bits per heavy atom. The van der Waals surface area contributed by atoms with Gasteiger partial charge in [0.2, 0.25) is 0 Å². The highest BCUT2D eigenvalue weighted by molar-refractivity contribution is 7.10. The zero-order chi connectivity index (χ0) is 20.6. The van der Waals surface area contributed by atoms with Gasteiger partial charge in [-0.2, -0.15) is 0 Å². The van der Waals surface area contributed by atoms with Crippen molar-refractivity contribution in [1.82, 2.24) is 5.32 Å². The van der Waals surface area contributed by atoms with Gasteiger partial charge in [-0.25, -0.2) is 9.18 Å². The molecule has 3 aromatic rings. The van der Waals surface area contributed by atoms with E-state index in [4.69, 9.17) is 9.47 Å². The van der Waals surface area contributed by atoms with Crippen molar-refractivity contribution in [2.24, 2.45) is 0 Å². The van der Waals surface area contributed by atoms with Crippen LogP contribution in [0, 0.1) is 5.82 Å². The van der Waals surface area contributed by atoms with Crippen molar-refractivity contribution in [1.29, 1.82) is 0 Å². The summed E-state index contributed by atoms with van der Waals surface area (Å²) in [4.78, 5) is 25.5. The van der Waals surface area contributed by atoms with E-state index >= 15 is 0 Å². The second-order valence-corrected chi connectivity index (χ2v) is 7.23. The molecule has 5 nitrogen and oxygen atoms in total. The average molecular weight is 413 g/mol. The van der Waals surface area contributed by atoms with Crippen molar-refractivity contribution < 1.29 is 23.5 Å². The lowest BCUT2D eigenvalue weighted by Gasteiger charge is -2.19. The number of carbonyl (C=O) groups is 2. The van der Waals surface area contributed by atoms with Crippen molar-refractivity contribution in [2.75, 3.05) is 6.61 Å². The number of nitrogens with one attached hydrogen (secondary N) is 1. The third-order valence-corrected chi connectivity index (χ3v) is 5.01. The van der Waals surface area contributed by atoms with Crippen LogP contribution >= 0.6 is 11.3 Å². The van der Waals surface area contributed by atoms with E-state index in [0.717, 1.165) is 10.4 Å².